The minimum atomic E-state index is -1.43. The fourth-order valence-corrected chi connectivity index (χ4v) is 5.12. The Bertz CT molecular complexity index is 1220. The van der Waals surface area contributed by atoms with Crippen molar-refractivity contribution >= 4 is 51.7 Å². The number of thiazole rings is 1. The zero-order valence-electron chi connectivity index (χ0n) is 18.5. The van der Waals surface area contributed by atoms with Crippen LogP contribution in [0.4, 0.5) is 9.93 Å². The molecule has 0 saturated carbocycles. The maximum atomic E-state index is 12.8. The molecule has 3 aromatic rings. The fraction of sp³-hybridized carbons (Fsp3) is 0.400. The number of hydrogen-bond donors (Lipinski definition) is 3. The van der Waals surface area contributed by atoms with Crippen LogP contribution in [0.1, 0.15) is 22.6 Å². The molecule has 34 heavy (non-hydrogen) atoms. The molecule has 0 spiro atoms. The highest BCUT2D eigenvalue weighted by Gasteiger charge is 2.34. The minimum absolute atomic E-state index is 0.138. The van der Waals surface area contributed by atoms with Crippen LogP contribution in [0.3, 0.4) is 0 Å². The molecular formula is C20H22Cl2N6O5S. The molecule has 0 aliphatic carbocycles. The molecule has 182 valence electrons. The van der Waals surface area contributed by atoms with E-state index in [1.54, 1.807) is 38.0 Å². The van der Waals surface area contributed by atoms with Crippen LogP contribution >= 0.6 is 34.5 Å². The van der Waals surface area contributed by atoms with E-state index in [9.17, 15) is 9.59 Å². The number of piperidine rings is 1. The van der Waals surface area contributed by atoms with Crippen molar-refractivity contribution in [3.63, 3.8) is 0 Å². The normalized spacial score (nSPS) is 18.2. The Balaban J connectivity index is 1.51. The SMILES string of the molecule is CO[C@H]1CN(c2nc(-c3ccn(C)n3)c(OC(=O)O)s2)CC[C@H]1NC(=O)c1[nH]c(C)c(Cl)c1Cl. The van der Waals surface area contributed by atoms with Crippen molar-refractivity contribution in [1.82, 2.24) is 25.1 Å². The van der Waals surface area contributed by atoms with E-state index in [4.69, 9.17) is 37.8 Å². The maximum absolute atomic E-state index is 12.8. The molecule has 1 saturated heterocycles. The molecule has 3 aromatic heterocycles. The topological polar surface area (TPSA) is 135 Å². The van der Waals surface area contributed by atoms with E-state index in [0.29, 0.717) is 46.7 Å². The van der Waals surface area contributed by atoms with Crippen molar-refractivity contribution in [1.29, 1.82) is 0 Å². The highest BCUT2D eigenvalue weighted by Crippen LogP contribution is 2.40. The molecule has 4 heterocycles. The third kappa shape index (κ3) is 4.85. The largest absolute Gasteiger partial charge is 0.512 e. The van der Waals surface area contributed by atoms with E-state index in [2.05, 4.69) is 20.4 Å². The Morgan fingerprint density at radius 1 is 1.35 bits per heavy atom. The number of nitrogens with one attached hydrogen (secondary N) is 2. The molecule has 14 heteroatoms. The lowest BCUT2D eigenvalue weighted by Crippen LogP contribution is -2.55. The summed E-state index contributed by atoms with van der Waals surface area (Å²) in [5.74, 6) is -0.371. The van der Waals surface area contributed by atoms with Gasteiger partial charge in [-0.15, -0.1) is 0 Å². The van der Waals surface area contributed by atoms with Gasteiger partial charge < -0.3 is 29.8 Å². The monoisotopic (exact) mass is 528 g/mol. The molecule has 1 fully saturated rings. The number of hydrogen-bond acceptors (Lipinski definition) is 8. The Labute approximate surface area is 208 Å². The number of rotatable bonds is 6. The molecule has 0 radical (unpaired) electrons. The number of nitrogens with zero attached hydrogens (tertiary/aromatic N) is 4. The quantitative estimate of drug-likeness (QED) is 0.413. The van der Waals surface area contributed by atoms with Gasteiger partial charge in [0.05, 0.1) is 22.2 Å². The molecule has 1 amide bonds. The van der Waals surface area contributed by atoms with Crippen molar-refractivity contribution in [3.05, 3.63) is 33.7 Å². The zero-order chi connectivity index (χ0) is 24.6. The summed E-state index contributed by atoms with van der Waals surface area (Å²) in [5.41, 5.74) is 1.67. The fourth-order valence-electron chi connectivity index (χ4n) is 3.75. The van der Waals surface area contributed by atoms with Gasteiger partial charge >= 0.3 is 6.16 Å². The van der Waals surface area contributed by atoms with Crippen LogP contribution in [0.25, 0.3) is 11.4 Å². The second-order valence-corrected chi connectivity index (χ2v) is 9.41. The van der Waals surface area contributed by atoms with Gasteiger partial charge in [-0.1, -0.05) is 34.5 Å². The maximum Gasteiger partial charge on any atom is 0.512 e. The van der Waals surface area contributed by atoms with Crippen LogP contribution in [0.5, 0.6) is 5.06 Å². The Morgan fingerprint density at radius 3 is 2.71 bits per heavy atom. The van der Waals surface area contributed by atoms with Gasteiger partial charge in [-0.3, -0.25) is 9.48 Å². The van der Waals surface area contributed by atoms with Gasteiger partial charge in [0.1, 0.15) is 17.1 Å². The van der Waals surface area contributed by atoms with E-state index < -0.39 is 6.16 Å². The number of aromatic nitrogens is 4. The number of halogens is 2. The summed E-state index contributed by atoms with van der Waals surface area (Å²) in [7, 11) is 3.32. The molecule has 0 aromatic carbocycles. The summed E-state index contributed by atoms with van der Waals surface area (Å²) in [4.78, 5) is 33.4. The lowest BCUT2D eigenvalue weighted by molar-refractivity contribution is 0.0540. The van der Waals surface area contributed by atoms with Gasteiger partial charge in [0.15, 0.2) is 5.13 Å². The lowest BCUT2D eigenvalue weighted by atomic mass is 10.0. The molecule has 0 bridgehead atoms. The number of methoxy groups -OCH3 is 1. The zero-order valence-corrected chi connectivity index (χ0v) is 20.8. The Kier molecular flexibility index (Phi) is 7.03. The number of aromatic amines is 1. The molecule has 4 rings (SSSR count). The molecule has 0 unspecified atom stereocenters. The molecule has 1 aliphatic rings. The van der Waals surface area contributed by atoms with E-state index >= 15 is 0 Å². The molecule has 3 N–H and O–H groups in total. The molecule has 1 aliphatic heterocycles. The first kappa shape index (κ1) is 24.3. The van der Waals surface area contributed by atoms with Crippen molar-refractivity contribution in [2.45, 2.75) is 25.5 Å². The third-order valence-electron chi connectivity index (χ3n) is 5.45. The first-order valence-electron chi connectivity index (χ1n) is 10.2. The van der Waals surface area contributed by atoms with E-state index in [-0.39, 0.29) is 33.8 Å². The van der Waals surface area contributed by atoms with E-state index in [1.165, 1.54) is 0 Å². The standard InChI is InChI=1S/C20H22Cl2N6O5S/c1-9-13(21)14(22)16(23-9)17(29)24-10-5-7-28(8-12(10)32-3)19-25-15(11-4-6-27(2)26-11)18(34-19)33-20(30)31/h4,6,10,12,23H,5,7-8H2,1-3H3,(H,24,29)(H,30,31)/t10-,12+/m1/s1. The number of carbonyl (C=O) groups is 2. The van der Waals surface area contributed by atoms with Gasteiger partial charge in [-0.05, 0) is 19.4 Å². The highest BCUT2D eigenvalue weighted by atomic mass is 35.5. The van der Waals surface area contributed by atoms with E-state index in [0.717, 1.165) is 11.3 Å². The van der Waals surface area contributed by atoms with Crippen LogP contribution in [0, 0.1) is 6.92 Å². The summed E-state index contributed by atoms with van der Waals surface area (Å²) in [6.45, 7) is 2.70. The summed E-state index contributed by atoms with van der Waals surface area (Å²) < 4.78 is 12.2. The number of amides is 1. The molecule has 11 nitrogen and oxygen atoms in total. The van der Waals surface area contributed by atoms with Crippen molar-refractivity contribution in [3.8, 4) is 16.5 Å². The van der Waals surface area contributed by atoms with E-state index in [1.807, 2.05) is 4.90 Å². The highest BCUT2D eigenvalue weighted by molar-refractivity contribution is 7.18. The minimum Gasteiger partial charge on any atom is -0.449 e. The predicted octanol–water partition coefficient (Wildman–Crippen LogP) is 3.57. The van der Waals surface area contributed by atoms with Crippen molar-refractivity contribution in [2.75, 3.05) is 25.1 Å². The predicted molar refractivity (Wildman–Crippen MR) is 127 cm³/mol. The van der Waals surface area contributed by atoms with Crippen molar-refractivity contribution in [2.24, 2.45) is 7.05 Å². The first-order chi connectivity index (χ1) is 16.2. The first-order valence-corrected chi connectivity index (χ1v) is 11.8. The van der Waals surface area contributed by atoms with Gasteiger partial charge in [0, 0.05) is 39.1 Å². The van der Waals surface area contributed by atoms with Crippen LogP contribution < -0.4 is 15.0 Å². The second kappa shape index (κ2) is 9.82. The number of carbonyl (C=O) groups excluding carboxylic acids is 1. The van der Waals surface area contributed by atoms with Crippen LogP contribution in [0.15, 0.2) is 12.3 Å². The number of carboxylic acid groups (broad SMARTS) is 1. The molecular weight excluding hydrogens is 507 g/mol. The average Bonchev–Trinajstić information content (AvgIpc) is 3.48. The average molecular weight is 529 g/mol. The summed E-state index contributed by atoms with van der Waals surface area (Å²) >= 11 is 13.4. The van der Waals surface area contributed by atoms with Crippen molar-refractivity contribution < 1.29 is 24.2 Å². The number of H-pyrrole nitrogens is 1. The Hall–Kier alpha value is -2.80. The Morgan fingerprint density at radius 2 is 2.12 bits per heavy atom. The smallest absolute Gasteiger partial charge is 0.449 e. The summed E-state index contributed by atoms with van der Waals surface area (Å²) in [6.07, 6.45) is 0.512. The van der Waals surface area contributed by atoms with Crippen LogP contribution in [-0.4, -0.2) is 69.3 Å². The summed E-state index contributed by atoms with van der Waals surface area (Å²) in [6, 6.07) is 1.45. The lowest BCUT2D eigenvalue weighted by Gasteiger charge is -2.37. The number of anilines is 1. The summed E-state index contributed by atoms with van der Waals surface area (Å²) in [5, 5.41) is 17.6. The van der Waals surface area contributed by atoms with Crippen LogP contribution in [-0.2, 0) is 11.8 Å². The third-order valence-corrected chi connectivity index (χ3v) is 7.39. The molecule has 2 atom stereocenters. The van der Waals surface area contributed by atoms with Crippen LogP contribution in [0.2, 0.25) is 10.0 Å². The number of ether oxygens (including phenoxy) is 2. The number of aryl methyl sites for hydroxylation is 2. The van der Waals surface area contributed by atoms with Gasteiger partial charge in [-0.25, -0.2) is 9.78 Å². The van der Waals surface area contributed by atoms with Gasteiger partial charge in [0.25, 0.3) is 5.91 Å². The van der Waals surface area contributed by atoms with Gasteiger partial charge in [-0.2, -0.15) is 5.10 Å². The second-order valence-electron chi connectivity index (χ2n) is 7.72. The van der Waals surface area contributed by atoms with Gasteiger partial charge in [0.2, 0.25) is 5.06 Å².